The number of nitrogens with one attached hydrogen (secondary N) is 1. The number of oxazole rings is 1. The van der Waals surface area contributed by atoms with Gasteiger partial charge in [0.2, 0.25) is 0 Å². The van der Waals surface area contributed by atoms with Crippen LogP contribution >= 0.6 is 0 Å². The third-order valence-corrected chi connectivity index (χ3v) is 5.79. The summed E-state index contributed by atoms with van der Waals surface area (Å²) < 4.78 is 5.97. The Hall–Kier alpha value is -2.30. The summed E-state index contributed by atoms with van der Waals surface area (Å²) in [7, 11) is 0. The first-order chi connectivity index (χ1) is 12.3. The van der Waals surface area contributed by atoms with E-state index < -0.39 is 0 Å². The van der Waals surface area contributed by atoms with E-state index in [4.69, 9.17) is 9.40 Å². The summed E-state index contributed by atoms with van der Waals surface area (Å²) in [4.78, 5) is 19.7. The molecule has 2 aliphatic heterocycles. The Morgan fingerprint density at radius 1 is 1.24 bits per heavy atom. The van der Waals surface area contributed by atoms with Gasteiger partial charge in [-0.25, -0.2) is 4.98 Å². The molecule has 1 amide bonds. The third-order valence-electron chi connectivity index (χ3n) is 5.79. The fraction of sp³-hybridized carbons (Fsp3) is 0.500. The van der Waals surface area contributed by atoms with Crippen LogP contribution in [0.3, 0.4) is 0 Å². The minimum atomic E-state index is 0.102. The zero-order valence-corrected chi connectivity index (χ0v) is 14.4. The topological polar surface area (TPSA) is 58.4 Å². The van der Waals surface area contributed by atoms with Gasteiger partial charge in [0, 0.05) is 25.4 Å². The van der Waals surface area contributed by atoms with Gasteiger partial charge in [-0.3, -0.25) is 4.79 Å². The average molecular weight is 337 g/mol. The van der Waals surface area contributed by atoms with E-state index in [9.17, 15) is 4.79 Å². The van der Waals surface area contributed by atoms with Gasteiger partial charge in [-0.05, 0) is 37.3 Å². The van der Waals surface area contributed by atoms with Crippen molar-refractivity contribution in [3.8, 4) is 0 Å². The maximum Gasteiger partial charge on any atom is 0.256 e. The van der Waals surface area contributed by atoms with E-state index in [1.165, 1.54) is 24.8 Å². The SMILES string of the molecule is O=C(c1cccc2c1NCCC2)N1CCc2oc(C3CCC3)nc2C1. The quantitative estimate of drug-likeness (QED) is 0.911. The van der Waals surface area contributed by atoms with Crippen molar-refractivity contribution >= 4 is 11.6 Å². The maximum absolute atomic E-state index is 13.1. The number of amides is 1. The molecule has 1 aromatic carbocycles. The van der Waals surface area contributed by atoms with Crippen LogP contribution in [0.5, 0.6) is 0 Å². The largest absolute Gasteiger partial charge is 0.445 e. The fourth-order valence-corrected chi connectivity index (χ4v) is 4.08. The predicted molar refractivity (Wildman–Crippen MR) is 94.8 cm³/mol. The molecule has 2 aromatic rings. The van der Waals surface area contributed by atoms with Crippen LogP contribution in [0.25, 0.3) is 0 Å². The number of carbonyl (C=O) groups excluding carboxylic acids is 1. The molecule has 1 N–H and O–H groups in total. The van der Waals surface area contributed by atoms with Crippen molar-refractivity contribution in [3.05, 3.63) is 46.7 Å². The van der Waals surface area contributed by atoms with Crippen molar-refractivity contribution in [2.24, 2.45) is 0 Å². The second-order valence-corrected chi connectivity index (χ2v) is 7.40. The predicted octanol–water partition coefficient (Wildman–Crippen LogP) is 3.50. The number of rotatable bonds is 2. The van der Waals surface area contributed by atoms with E-state index in [-0.39, 0.29) is 5.91 Å². The molecule has 0 atom stereocenters. The Bertz CT molecular complexity index is 822. The summed E-state index contributed by atoms with van der Waals surface area (Å²) in [5.41, 5.74) is 4.03. The van der Waals surface area contributed by atoms with Gasteiger partial charge < -0.3 is 14.6 Å². The van der Waals surface area contributed by atoms with E-state index in [1.807, 2.05) is 17.0 Å². The van der Waals surface area contributed by atoms with Crippen LogP contribution in [0, 0.1) is 0 Å². The summed E-state index contributed by atoms with van der Waals surface area (Å²) in [6, 6.07) is 6.06. The molecule has 0 spiro atoms. The zero-order chi connectivity index (χ0) is 16.8. The molecular weight excluding hydrogens is 314 g/mol. The van der Waals surface area contributed by atoms with Crippen LogP contribution in [0.4, 0.5) is 5.69 Å². The molecular formula is C20H23N3O2. The lowest BCUT2D eigenvalue weighted by atomic mass is 9.85. The molecule has 0 bridgehead atoms. The number of nitrogens with zero attached hydrogens (tertiary/aromatic N) is 2. The van der Waals surface area contributed by atoms with Crippen LogP contribution in [0.1, 0.15) is 64.9 Å². The van der Waals surface area contributed by atoms with Gasteiger partial charge in [0.15, 0.2) is 5.89 Å². The number of carbonyl (C=O) groups is 1. The van der Waals surface area contributed by atoms with Crippen molar-refractivity contribution < 1.29 is 9.21 Å². The van der Waals surface area contributed by atoms with Gasteiger partial charge in [-0.15, -0.1) is 0 Å². The molecule has 5 heteroatoms. The average Bonchev–Trinajstić information content (AvgIpc) is 3.01. The van der Waals surface area contributed by atoms with Crippen LogP contribution in [0.15, 0.2) is 22.6 Å². The Kier molecular flexibility index (Phi) is 3.54. The molecule has 5 rings (SSSR count). The van der Waals surface area contributed by atoms with Gasteiger partial charge in [-0.2, -0.15) is 0 Å². The van der Waals surface area contributed by atoms with Crippen molar-refractivity contribution in [2.45, 2.75) is 51.0 Å². The lowest BCUT2D eigenvalue weighted by molar-refractivity contribution is 0.0728. The molecule has 1 saturated carbocycles. The summed E-state index contributed by atoms with van der Waals surface area (Å²) in [6.45, 7) is 2.21. The molecule has 1 aliphatic carbocycles. The Morgan fingerprint density at radius 2 is 2.16 bits per heavy atom. The highest BCUT2D eigenvalue weighted by Crippen LogP contribution is 2.37. The zero-order valence-electron chi connectivity index (χ0n) is 14.4. The molecule has 1 fully saturated rings. The van der Waals surface area contributed by atoms with Crippen LogP contribution < -0.4 is 5.32 Å². The molecule has 0 saturated heterocycles. The first-order valence-corrected chi connectivity index (χ1v) is 9.43. The number of para-hydroxylation sites is 1. The highest BCUT2D eigenvalue weighted by molar-refractivity contribution is 6.00. The van der Waals surface area contributed by atoms with Crippen molar-refractivity contribution in [1.29, 1.82) is 0 Å². The van der Waals surface area contributed by atoms with E-state index in [0.29, 0.717) is 19.0 Å². The number of aryl methyl sites for hydroxylation is 1. The van der Waals surface area contributed by atoms with Crippen molar-refractivity contribution in [1.82, 2.24) is 9.88 Å². The van der Waals surface area contributed by atoms with Crippen LogP contribution in [-0.4, -0.2) is 28.9 Å². The number of anilines is 1. The van der Waals surface area contributed by atoms with Gasteiger partial charge >= 0.3 is 0 Å². The first kappa shape index (κ1) is 15.0. The molecule has 3 aliphatic rings. The number of aromatic nitrogens is 1. The monoisotopic (exact) mass is 337 g/mol. The van der Waals surface area contributed by atoms with E-state index >= 15 is 0 Å². The molecule has 0 unspecified atom stereocenters. The maximum atomic E-state index is 13.1. The number of hydrogen-bond acceptors (Lipinski definition) is 4. The molecule has 1 aromatic heterocycles. The smallest absolute Gasteiger partial charge is 0.256 e. The highest BCUT2D eigenvalue weighted by Gasteiger charge is 2.31. The third kappa shape index (κ3) is 2.53. The Labute approximate surface area is 147 Å². The number of fused-ring (bicyclic) bond motifs is 2. The van der Waals surface area contributed by atoms with Gasteiger partial charge in [-0.1, -0.05) is 18.6 Å². The molecule has 130 valence electrons. The molecule has 25 heavy (non-hydrogen) atoms. The van der Waals surface area contributed by atoms with E-state index in [2.05, 4.69) is 11.4 Å². The van der Waals surface area contributed by atoms with E-state index in [1.54, 1.807) is 0 Å². The van der Waals surface area contributed by atoms with Gasteiger partial charge in [0.1, 0.15) is 11.5 Å². The van der Waals surface area contributed by atoms with Crippen LogP contribution in [0.2, 0.25) is 0 Å². The van der Waals surface area contributed by atoms with E-state index in [0.717, 1.165) is 54.4 Å². The van der Waals surface area contributed by atoms with Gasteiger partial charge in [0.05, 0.1) is 17.8 Å². The van der Waals surface area contributed by atoms with Crippen molar-refractivity contribution in [3.63, 3.8) is 0 Å². The molecule has 0 radical (unpaired) electrons. The number of benzene rings is 1. The normalized spacial score (nSPS) is 19.6. The molecule has 5 nitrogen and oxygen atoms in total. The number of hydrogen-bond donors (Lipinski definition) is 1. The second-order valence-electron chi connectivity index (χ2n) is 7.40. The summed E-state index contributed by atoms with van der Waals surface area (Å²) in [6.07, 6.45) is 6.58. The molecule has 3 heterocycles. The summed E-state index contributed by atoms with van der Waals surface area (Å²) >= 11 is 0. The lowest BCUT2D eigenvalue weighted by Crippen LogP contribution is -2.36. The lowest BCUT2D eigenvalue weighted by Gasteiger charge is -2.28. The highest BCUT2D eigenvalue weighted by atomic mass is 16.4. The van der Waals surface area contributed by atoms with Crippen LogP contribution in [-0.2, 0) is 19.4 Å². The van der Waals surface area contributed by atoms with Crippen molar-refractivity contribution in [2.75, 3.05) is 18.4 Å². The first-order valence-electron chi connectivity index (χ1n) is 9.43. The minimum Gasteiger partial charge on any atom is -0.445 e. The fourth-order valence-electron chi connectivity index (χ4n) is 4.08. The second kappa shape index (κ2) is 5.90. The minimum absolute atomic E-state index is 0.102. The van der Waals surface area contributed by atoms with Gasteiger partial charge in [0.25, 0.3) is 5.91 Å². The summed E-state index contributed by atoms with van der Waals surface area (Å²) in [5, 5.41) is 3.42. The Morgan fingerprint density at radius 3 is 3.00 bits per heavy atom. The summed E-state index contributed by atoms with van der Waals surface area (Å²) in [5.74, 6) is 2.48. The standard InChI is InChI=1S/C20H23N3O2/c24-20(15-8-2-4-13-7-3-10-21-18(13)15)23-11-9-17-16(12-23)22-19(25-17)14-5-1-6-14/h2,4,8,14,21H,1,3,5-7,9-12H2. The Balaban J connectivity index is 1.39.